The molecule has 0 aliphatic heterocycles. The van der Waals surface area contributed by atoms with E-state index in [2.05, 4.69) is 175 Å². The van der Waals surface area contributed by atoms with Crippen molar-refractivity contribution < 1.29 is 4.42 Å². The van der Waals surface area contributed by atoms with E-state index >= 15 is 0 Å². The average molecular weight is 667 g/mol. The third kappa shape index (κ3) is 5.26. The molecule has 0 spiro atoms. The fourth-order valence-corrected chi connectivity index (χ4v) is 7.83. The molecule has 1 atom stereocenters. The van der Waals surface area contributed by atoms with Gasteiger partial charge in [-0.05, 0) is 99.6 Å². The Kier molecular flexibility index (Phi) is 7.28. The predicted molar refractivity (Wildman–Crippen MR) is 217 cm³/mol. The van der Waals surface area contributed by atoms with Crippen LogP contribution in [0.5, 0.6) is 0 Å². The summed E-state index contributed by atoms with van der Waals surface area (Å²) in [4.78, 5) is 7.41. The molecule has 0 N–H and O–H groups in total. The second-order valence-electron chi connectivity index (χ2n) is 13.5. The zero-order valence-corrected chi connectivity index (χ0v) is 28.5. The zero-order valence-electron chi connectivity index (χ0n) is 28.5. The molecular weight excluding hydrogens is 633 g/mol. The number of hydrogen-bond acceptors (Lipinski definition) is 3. The van der Waals surface area contributed by atoms with E-state index in [4.69, 9.17) is 9.40 Å². The molecular formula is C49H34N2O. The summed E-state index contributed by atoms with van der Waals surface area (Å²) in [5, 5.41) is 4.68. The first-order valence-corrected chi connectivity index (χ1v) is 17.9. The predicted octanol–water partition coefficient (Wildman–Crippen LogP) is 13.4. The number of anilines is 2. The van der Waals surface area contributed by atoms with Gasteiger partial charge in [0, 0.05) is 33.8 Å². The molecule has 0 amide bonds. The zero-order chi connectivity index (χ0) is 34.4. The number of nitrogens with zero attached hydrogens (tertiary/aromatic N) is 2. The SMILES string of the molecule is C1=CC(c2ccc(-c3ccccc3)c3ccccc23)CC=C1N(c1ccc(-c2ccccc2)cc1)c1ccc2nc3c(cc2c1)oc1ccccc13. The second-order valence-corrected chi connectivity index (χ2v) is 13.5. The van der Waals surface area contributed by atoms with Gasteiger partial charge in [0.25, 0.3) is 0 Å². The number of para-hydroxylation sites is 1. The Labute approximate surface area is 302 Å². The van der Waals surface area contributed by atoms with Crippen molar-refractivity contribution in [3.8, 4) is 22.3 Å². The van der Waals surface area contributed by atoms with E-state index in [-0.39, 0.29) is 5.92 Å². The molecule has 1 aliphatic rings. The molecule has 0 saturated heterocycles. The normalized spacial score (nSPS) is 14.3. The Hall–Kier alpha value is -6.71. The van der Waals surface area contributed by atoms with Crippen molar-refractivity contribution in [2.24, 2.45) is 0 Å². The minimum Gasteiger partial charge on any atom is -0.454 e. The maximum Gasteiger partial charge on any atom is 0.154 e. The second kappa shape index (κ2) is 12.6. The number of furan rings is 1. The highest BCUT2D eigenvalue weighted by Gasteiger charge is 2.21. The standard InChI is InChI=1S/C49H34N2O/c1-3-11-33(12-4-1)34-19-23-38(24-20-34)51(40-27-30-46-37(31-40)32-48-49(50-46)45-17-9-10-18-47(45)52-48)39-25-21-36(22-26-39)42-29-28-41(35-13-5-2-6-14-35)43-15-7-8-16-44(42)43/h1-21,23-32,36H,22H2. The summed E-state index contributed by atoms with van der Waals surface area (Å²) in [5.74, 6) is 0.267. The fourth-order valence-electron chi connectivity index (χ4n) is 7.83. The van der Waals surface area contributed by atoms with Gasteiger partial charge in [0.1, 0.15) is 11.1 Å². The van der Waals surface area contributed by atoms with Crippen molar-refractivity contribution in [1.82, 2.24) is 4.98 Å². The molecule has 3 nitrogen and oxygen atoms in total. The van der Waals surface area contributed by atoms with Crippen molar-refractivity contribution in [3.05, 3.63) is 199 Å². The Morgan fingerprint density at radius 1 is 0.538 bits per heavy atom. The van der Waals surface area contributed by atoms with E-state index in [0.717, 1.165) is 56.5 Å². The molecule has 246 valence electrons. The lowest BCUT2D eigenvalue weighted by Crippen LogP contribution is -2.17. The molecule has 52 heavy (non-hydrogen) atoms. The number of hydrogen-bond donors (Lipinski definition) is 0. The quantitative estimate of drug-likeness (QED) is 0.177. The van der Waals surface area contributed by atoms with Crippen molar-refractivity contribution in [2.75, 3.05) is 4.90 Å². The van der Waals surface area contributed by atoms with Crippen LogP contribution in [0.3, 0.4) is 0 Å². The van der Waals surface area contributed by atoms with Crippen LogP contribution in [-0.2, 0) is 0 Å². The van der Waals surface area contributed by atoms with Crippen LogP contribution >= 0.6 is 0 Å². The summed E-state index contributed by atoms with van der Waals surface area (Å²) in [5.41, 5.74) is 13.1. The molecule has 0 fully saturated rings. The molecule has 10 rings (SSSR count). The first kappa shape index (κ1) is 30.1. The third-order valence-corrected chi connectivity index (χ3v) is 10.4. The van der Waals surface area contributed by atoms with Gasteiger partial charge in [-0.3, -0.25) is 0 Å². The van der Waals surface area contributed by atoms with Crippen LogP contribution < -0.4 is 4.90 Å². The molecule has 2 aromatic heterocycles. The highest BCUT2D eigenvalue weighted by molar-refractivity contribution is 6.06. The molecule has 1 aliphatic carbocycles. The van der Waals surface area contributed by atoms with Crippen molar-refractivity contribution in [1.29, 1.82) is 0 Å². The molecule has 0 radical (unpaired) electrons. The topological polar surface area (TPSA) is 29.3 Å². The summed E-state index contributed by atoms with van der Waals surface area (Å²) < 4.78 is 6.24. The number of allylic oxidation sites excluding steroid dienone is 3. The number of aromatic nitrogens is 1. The Morgan fingerprint density at radius 2 is 1.21 bits per heavy atom. The Morgan fingerprint density at radius 3 is 1.98 bits per heavy atom. The summed E-state index contributed by atoms with van der Waals surface area (Å²) >= 11 is 0. The largest absolute Gasteiger partial charge is 0.454 e. The van der Waals surface area contributed by atoms with Crippen molar-refractivity contribution >= 4 is 55.1 Å². The van der Waals surface area contributed by atoms with Gasteiger partial charge in [0.05, 0.1) is 5.52 Å². The first-order valence-electron chi connectivity index (χ1n) is 17.9. The number of fused-ring (bicyclic) bond motifs is 5. The molecule has 7 aromatic carbocycles. The van der Waals surface area contributed by atoms with E-state index in [1.807, 2.05) is 18.2 Å². The third-order valence-electron chi connectivity index (χ3n) is 10.4. The average Bonchev–Trinajstić information content (AvgIpc) is 3.58. The summed E-state index contributed by atoms with van der Waals surface area (Å²) in [6, 6.07) is 60.4. The summed E-state index contributed by atoms with van der Waals surface area (Å²) in [7, 11) is 0. The number of benzene rings is 7. The maximum absolute atomic E-state index is 6.24. The maximum atomic E-state index is 6.24. The van der Waals surface area contributed by atoms with Gasteiger partial charge < -0.3 is 9.32 Å². The molecule has 2 heterocycles. The van der Waals surface area contributed by atoms with Gasteiger partial charge in [-0.15, -0.1) is 0 Å². The highest BCUT2D eigenvalue weighted by atomic mass is 16.3. The molecule has 0 saturated carbocycles. The number of rotatable bonds is 6. The molecule has 0 bridgehead atoms. The Bertz CT molecular complexity index is 2810. The van der Waals surface area contributed by atoms with E-state index in [0.29, 0.717) is 0 Å². The van der Waals surface area contributed by atoms with Crippen molar-refractivity contribution in [2.45, 2.75) is 12.3 Å². The lowest BCUT2D eigenvalue weighted by Gasteiger charge is -2.30. The van der Waals surface area contributed by atoms with Crippen LogP contribution in [0.15, 0.2) is 198 Å². The monoisotopic (exact) mass is 666 g/mol. The Balaban J connectivity index is 1.04. The fraction of sp³-hybridized carbons (Fsp3) is 0.0408. The number of pyridine rings is 1. The molecule has 1 unspecified atom stereocenters. The van der Waals surface area contributed by atoms with Gasteiger partial charge in [-0.1, -0.05) is 133 Å². The van der Waals surface area contributed by atoms with Crippen molar-refractivity contribution in [3.63, 3.8) is 0 Å². The molecule has 3 heteroatoms. The van der Waals surface area contributed by atoms with Crippen LogP contribution in [-0.4, -0.2) is 4.98 Å². The van der Waals surface area contributed by atoms with Crippen LogP contribution in [0.4, 0.5) is 11.4 Å². The van der Waals surface area contributed by atoms with Gasteiger partial charge in [-0.2, -0.15) is 0 Å². The smallest absolute Gasteiger partial charge is 0.154 e. The molecule has 9 aromatic rings. The van der Waals surface area contributed by atoms with Crippen LogP contribution in [0.1, 0.15) is 17.9 Å². The minimum atomic E-state index is 0.267. The summed E-state index contributed by atoms with van der Waals surface area (Å²) in [6.07, 6.45) is 7.96. The van der Waals surface area contributed by atoms with E-state index in [9.17, 15) is 0 Å². The van der Waals surface area contributed by atoms with Crippen LogP contribution in [0.2, 0.25) is 0 Å². The van der Waals surface area contributed by atoms with Gasteiger partial charge in [0.2, 0.25) is 0 Å². The summed E-state index contributed by atoms with van der Waals surface area (Å²) in [6.45, 7) is 0. The lowest BCUT2D eigenvalue weighted by molar-refractivity contribution is 0.669. The first-order chi connectivity index (χ1) is 25.8. The van der Waals surface area contributed by atoms with E-state index in [1.54, 1.807) is 0 Å². The van der Waals surface area contributed by atoms with Gasteiger partial charge in [0.15, 0.2) is 5.58 Å². The van der Waals surface area contributed by atoms with Gasteiger partial charge >= 0.3 is 0 Å². The lowest BCUT2D eigenvalue weighted by atomic mass is 9.85. The van der Waals surface area contributed by atoms with Crippen LogP contribution in [0, 0.1) is 0 Å². The van der Waals surface area contributed by atoms with E-state index < -0.39 is 0 Å². The van der Waals surface area contributed by atoms with Crippen LogP contribution in [0.25, 0.3) is 66.0 Å². The van der Waals surface area contributed by atoms with Gasteiger partial charge in [-0.25, -0.2) is 4.98 Å². The minimum absolute atomic E-state index is 0.267. The highest BCUT2D eigenvalue weighted by Crippen LogP contribution is 2.41. The van der Waals surface area contributed by atoms with E-state index in [1.165, 1.54) is 38.6 Å².